The van der Waals surface area contributed by atoms with E-state index in [1.54, 1.807) is 7.11 Å². The van der Waals surface area contributed by atoms with Gasteiger partial charge in [-0.1, -0.05) is 30.3 Å². The van der Waals surface area contributed by atoms with Crippen molar-refractivity contribution in [2.45, 2.75) is 5.79 Å². The van der Waals surface area contributed by atoms with Gasteiger partial charge in [0.25, 0.3) is 5.79 Å². The molecule has 0 fully saturated rings. The Bertz CT molecular complexity index is 1160. The molecule has 3 aromatic carbocycles. The van der Waals surface area contributed by atoms with Crippen LogP contribution in [0.15, 0.2) is 72.8 Å². The molecule has 0 amide bonds. The Kier molecular flexibility index (Phi) is 4.28. The van der Waals surface area contributed by atoms with E-state index in [1.807, 2.05) is 62.6 Å². The van der Waals surface area contributed by atoms with Crippen molar-refractivity contribution in [3.63, 3.8) is 0 Å². The second-order valence-corrected chi connectivity index (χ2v) is 7.65. The van der Waals surface area contributed by atoms with Crippen LogP contribution in [0.4, 0.5) is 5.69 Å². The SMILES string of the molecule is COc1ccc2c(c1)OC1(C=C2)Oc2cc(N(C)C)ccc2C=C1c1ccccc1. The average molecular weight is 397 g/mol. The molecular weight excluding hydrogens is 374 g/mol. The second kappa shape index (κ2) is 6.99. The van der Waals surface area contributed by atoms with Crippen LogP contribution in [-0.2, 0) is 0 Å². The number of hydrogen-bond acceptors (Lipinski definition) is 4. The van der Waals surface area contributed by atoms with Gasteiger partial charge in [0.15, 0.2) is 0 Å². The fraction of sp³-hybridized carbons (Fsp3) is 0.154. The Balaban J connectivity index is 1.67. The van der Waals surface area contributed by atoms with E-state index in [-0.39, 0.29) is 0 Å². The third kappa shape index (κ3) is 3.01. The molecule has 1 atom stereocenters. The van der Waals surface area contributed by atoms with E-state index in [9.17, 15) is 0 Å². The Morgan fingerprint density at radius 2 is 1.57 bits per heavy atom. The van der Waals surface area contributed by atoms with E-state index in [4.69, 9.17) is 14.2 Å². The molecule has 4 heteroatoms. The van der Waals surface area contributed by atoms with Gasteiger partial charge in [-0.05, 0) is 42.0 Å². The number of methoxy groups -OCH3 is 1. The van der Waals surface area contributed by atoms with Crippen LogP contribution in [0.25, 0.3) is 17.7 Å². The Morgan fingerprint density at radius 1 is 0.833 bits per heavy atom. The van der Waals surface area contributed by atoms with Gasteiger partial charge in [-0.15, -0.1) is 0 Å². The van der Waals surface area contributed by atoms with Crippen LogP contribution < -0.4 is 19.1 Å². The summed E-state index contributed by atoms with van der Waals surface area (Å²) in [6, 6.07) is 22.3. The van der Waals surface area contributed by atoms with Gasteiger partial charge >= 0.3 is 0 Å². The first-order chi connectivity index (χ1) is 14.6. The first kappa shape index (κ1) is 18.4. The number of anilines is 1. The van der Waals surface area contributed by atoms with Crippen molar-refractivity contribution in [2.24, 2.45) is 0 Å². The van der Waals surface area contributed by atoms with Crippen LogP contribution >= 0.6 is 0 Å². The molecule has 0 radical (unpaired) electrons. The number of hydrogen-bond donors (Lipinski definition) is 0. The maximum Gasteiger partial charge on any atom is 0.299 e. The summed E-state index contributed by atoms with van der Waals surface area (Å²) in [5.41, 5.74) is 5.10. The minimum atomic E-state index is -1.06. The number of benzene rings is 3. The minimum absolute atomic E-state index is 0.728. The molecule has 150 valence electrons. The summed E-state index contributed by atoms with van der Waals surface area (Å²) in [5, 5.41) is 0. The molecule has 2 heterocycles. The zero-order valence-corrected chi connectivity index (χ0v) is 17.3. The second-order valence-electron chi connectivity index (χ2n) is 7.65. The van der Waals surface area contributed by atoms with Gasteiger partial charge in [0.05, 0.1) is 7.11 Å². The molecule has 2 aliphatic rings. The highest BCUT2D eigenvalue weighted by atomic mass is 16.7. The highest BCUT2D eigenvalue weighted by Gasteiger charge is 2.43. The van der Waals surface area contributed by atoms with E-state index in [2.05, 4.69) is 41.3 Å². The molecule has 5 rings (SSSR count). The van der Waals surface area contributed by atoms with Crippen molar-refractivity contribution >= 4 is 23.4 Å². The predicted molar refractivity (Wildman–Crippen MR) is 121 cm³/mol. The van der Waals surface area contributed by atoms with Crippen molar-refractivity contribution in [1.29, 1.82) is 0 Å². The largest absolute Gasteiger partial charge is 0.497 e. The van der Waals surface area contributed by atoms with E-state index in [0.29, 0.717) is 0 Å². The zero-order valence-electron chi connectivity index (χ0n) is 17.3. The number of nitrogens with zero attached hydrogens (tertiary/aromatic N) is 1. The van der Waals surface area contributed by atoms with Crippen molar-refractivity contribution in [3.8, 4) is 17.2 Å². The maximum atomic E-state index is 6.60. The lowest BCUT2D eigenvalue weighted by Crippen LogP contribution is -2.44. The van der Waals surface area contributed by atoms with Crippen LogP contribution in [-0.4, -0.2) is 27.0 Å². The Labute approximate surface area is 176 Å². The van der Waals surface area contributed by atoms with Crippen molar-refractivity contribution in [2.75, 3.05) is 26.1 Å². The van der Waals surface area contributed by atoms with Crippen LogP contribution in [0.1, 0.15) is 16.7 Å². The first-order valence-corrected chi connectivity index (χ1v) is 9.92. The molecule has 2 aliphatic heterocycles. The molecule has 1 unspecified atom stereocenters. The standard InChI is InChI=1S/C26H23NO3/c1-27(2)21-11-9-20-15-23(18-7-5-4-6-8-18)26(29-24(20)16-21)14-13-19-10-12-22(28-3)17-25(19)30-26/h4-17H,1-3H3. The van der Waals surface area contributed by atoms with E-state index in [0.717, 1.165) is 45.2 Å². The van der Waals surface area contributed by atoms with Gasteiger partial charge in [-0.2, -0.15) is 0 Å². The lowest BCUT2D eigenvalue weighted by Gasteiger charge is -2.40. The molecule has 0 aliphatic carbocycles. The molecule has 0 N–H and O–H groups in total. The summed E-state index contributed by atoms with van der Waals surface area (Å²) < 4.78 is 18.6. The van der Waals surface area contributed by atoms with Gasteiger partial charge < -0.3 is 19.1 Å². The Morgan fingerprint density at radius 3 is 2.30 bits per heavy atom. The summed E-state index contributed by atoms with van der Waals surface area (Å²) in [4.78, 5) is 2.06. The number of rotatable bonds is 3. The average Bonchev–Trinajstić information content (AvgIpc) is 2.78. The quantitative estimate of drug-likeness (QED) is 0.584. The van der Waals surface area contributed by atoms with E-state index in [1.165, 1.54) is 0 Å². The topological polar surface area (TPSA) is 30.9 Å². The molecule has 0 aromatic heterocycles. The molecule has 30 heavy (non-hydrogen) atoms. The van der Waals surface area contributed by atoms with Crippen LogP contribution in [0, 0.1) is 0 Å². The van der Waals surface area contributed by atoms with Gasteiger partial charge in [-0.25, -0.2) is 0 Å². The lowest BCUT2D eigenvalue weighted by atomic mass is 9.90. The van der Waals surface area contributed by atoms with Crippen LogP contribution in [0.5, 0.6) is 17.2 Å². The maximum absolute atomic E-state index is 6.60. The lowest BCUT2D eigenvalue weighted by molar-refractivity contribution is -0.0212. The summed E-state index contributed by atoms with van der Waals surface area (Å²) in [5.74, 6) is 1.21. The third-order valence-electron chi connectivity index (χ3n) is 5.50. The molecule has 1 spiro atoms. The third-order valence-corrected chi connectivity index (χ3v) is 5.50. The highest BCUT2D eigenvalue weighted by molar-refractivity contribution is 5.92. The molecular formula is C26H23NO3. The van der Waals surface area contributed by atoms with Crippen LogP contribution in [0.2, 0.25) is 0 Å². The summed E-state index contributed by atoms with van der Waals surface area (Å²) in [6.45, 7) is 0. The molecule has 4 nitrogen and oxygen atoms in total. The predicted octanol–water partition coefficient (Wildman–Crippen LogP) is 5.50. The number of ether oxygens (including phenoxy) is 3. The van der Waals surface area contributed by atoms with Gasteiger partial charge in [0, 0.05) is 54.7 Å². The van der Waals surface area contributed by atoms with Crippen LogP contribution in [0.3, 0.4) is 0 Å². The molecule has 3 aromatic rings. The van der Waals surface area contributed by atoms with Crippen molar-refractivity contribution in [3.05, 3.63) is 89.5 Å². The van der Waals surface area contributed by atoms with E-state index >= 15 is 0 Å². The van der Waals surface area contributed by atoms with E-state index < -0.39 is 5.79 Å². The Hall–Kier alpha value is -3.66. The first-order valence-electron chi connectivity index (χ1n) is 9.92. The molecule has 0 saturated heterocycles. The molecule has 0 saturated carbocycles. The summed E-state index contributed by atoms with van der Waals surface area (Å²) in [6.07, 6.45) is 6.20. The number of fused-ring (bicyclic) bond motifs is 2. The van der Waals surface area contributed by atoms with Crippen molar-refractivity contribution in [1.82, 2.24) is 0 Å². The summed E-state index contributed by atoms with van der Waals surface area (Å²) >= 11 is 0. The highest BCUT2D eigenvalue weighted by Crippen LogP contribution is 2.47. The smallest absolute Gasteiger partial charge is 0.299 e. The summed E-state index contributed by atoms with van der Waals surface area (Å²) in [7, 11) is 5.69. The van der Waals surface area contributed by atoms with Gasteiger partial charge in [0.2, 0.25) is 0 Å². The van der Waals surface area contributed by atoms with Crippen molar-refractivity contribution < 1.29 is 14.2 Å². The van der Waals surface area contributed by atoms with Gasteiger partial charge in [0.1, 0.15) is 17.2 Å². The zero-order chi connectivity index (χ0) is 20.7. The minimum Gasteiger partial charge on any atom is -0.497 e. The normalized spacial score (nSPS) is 18.6. The fourth-order valence-corrected chi connectivity index (χ4v) is 3.85. The van der Waals surface area contributed by atoms with Gasteiger partial charge in [-0.3, -0.25) is 0 Å². The monoisotopic (exact) mass is 397 g/mol. The molecule has 0 bridgehead atoms. The fourth-order valence-electron chi connectivity index (χ4n) is 3.85.